The first kappa shape index (κ1) is 12.7. The number of rotatable bonds is 3. The summed E-state index contributed by atoms with van der Waals surface area (Å²) in [5.74, 6) is 0.734. The monoisotopic (exact) mass is 267 g/mol. The van der Waals surface area contributed by atoms with Crippen LogP contribution in [-0.2, 0) is 13.0 Å². The van der Waals surface area contributed by atoms with Crippen molar-refractivity contribution in [2.24, 2.45) is 0 Å². The molecule has 102 valence electrons. The van der Waals surface area contributed by atoms with Crippen molar-refractivity contribution in [1.29, 1.82) is 0 Å². The summed E-state index contributed by atoms with van der Waals surface area (Å²) < 4.78 is 5.33. The maximum absolute atomic E-state index is 12.6. The molecule has 1 amide bonds. The minimum absolute atomic E-state index is 0.0625. The zero-order valence-electron chi connectivity index (χ0n) is 11.5. The maximum Gasteiger partial charge on any atom is 0.258 e. The second-order valence-electron chi connectivity index (χ2n) is 4.96. The van der Waals surface area contributed by atoms with E-state index in [2.05, 4.69) is 0 Å². The first-order chi connectivity index (χ1) is 9.79. The summed E-state index contributed by atoms with van der Waals surface area (Å²) in [7, 11) is 1.61. The fraction of sp³-hybridized carbons (Fsp3) is 0.235. The molecular formula is C17H17NO2. The van der Waals surface area contributed by atoms with Gasteiger partial charge in [0.15, 0.2) is 0 Å². The highest BCUT2D eigenvalue weighted by Crippen LogP contribution is 2.28. The third kappa shape index (κ3) is 2.27. The number of amides is 1. The Bertz CT molecular complexity index is 608. The molecule has 1 aliphatic rings. The molecule has 0 saturated carbocycles. The van der Waals surface area contributed by atoms with Crippen LogP contribution in [0.3, 0.4) is 0 Å². The Morgan fingerprint density at radius 2 is 1.90 bits per heavy atom. The van der Waals surface area contributed by atoms with E-state index in [1.807, 2.05) is 53.4 Å². The molecule has 3 heteroatoms. The van der Waals surface area contributed by atoms with Crippen LogP contribution < -0.4 is 4.74 Å². The lowest BCUT2D eigenvalue weighted by atomic mass is 9.97. The number of ether oxygens (including phenoxy) is 1. The van der Waals surface area contributed by atoms with Crippen LogP contribution in [0.1, 0.15) is 21.5 Å². The van der Waals surface area contributed by atoms with Crippen LogP contribution in [0.15, 0.2) is 48.5 Å². The van der Waals surface area contributed by atoms with Crippen molar-refractivity contribution < 1.29 is 9.53 Å². The third-order valence-electron chi connectivity index (χ3n) is 3.70. The molecule has 0 bridgehead atoms. The maximum atomic E-state index is 12.6. The van der Waals surface area contributed by atoms with Gasteiger partial charge in [0.1, 0.15) is 5.75 Å². The Morgan fingerprint density at radius 1 is 1.10 bits per heavy atom. The molecule has 3 rings (SSSR count). The van der Waals surface area contributed by atoms with Gasteiger partial charge in [0.05, 0.1) is 12.7 Å². The van der Waals surface area contributed by atoms with Gasteiger partial charge in [-0.05, 0) is 23.6 Å². The van der Waals surface area contributed by atoms with E-state index in [1.54, 1.807) is 7.11 Å². The van der Waals surface area contributed by atoms with Gasteiger partial charge in [-0.15, -0.1) is 0 Å². The molecule has 3 nitrogen and oxygen atoms in total. The molecule has 0 aromatic heterocycles. The smallest absolute Gasteiger partial charge is 0.258 e. The van der Waals surface area contributed by atoms with Crippen molar-refractivity contribution >= 4 is 5.91 Å². The van der Waals surface area contributed by atoms with Gasteiger partial charge in [0, 0.05) is 13.1 Å². The highest BCUT2D eigenvalue weighted by molar-refractivity contribution is 5.99. The van der Waals surface area contributed by atoms with Crippen molar-refractivity contribution in [2.75, 3.05) is 13.7 Å². The van der Waals surface area contributed by atoms with Gasteiger partial charge in [-0.2, -0.15) is 0 Å². The molecule has 0 unspecified atom stereocenters. The summed E-state index contributed by atoms with van der Waals surface area (Å²) in [5.41, 5.74) is 2.95. The molecule has 20 heavy (non-hydrogen) atoms. The van der Waals surface area contributed by atoms with Crippen molar-refractivity contribution in [3.05, 3.63) is 65.2 Å². The van der Waals surface area contributed by atoms with Gasteiger partial charge >= 0.3 is 0 Å². The lowest BCUT2D eigenvalue weighted by Gasteiger charge is -2.29. The predicted molar refractivity (Wildman–Crippen MR) is 77.9 cm³/mol. The largest absolute Gasteiger partial charge is 0.496 e. The van der Waals surface area contributed by atoms with Gasteiger partial charge in [0.2, 0.25) is 0 Å². The molecule has 0 radical (unpaired) electrons. The highest BCUT2D eigenvalue weighted by atomic mass is 16.5. The van der Waals surface area contributed by atoms with E-state index in [9.17, 15) is 4.79 Å². The van der Waals surface area contributed by atoms with Gasteiger partial charge < -0.3 is 9.64 Å². The number of carbonyl (C=O) groups is 1. The Labute approximate surface area is 118 Å². The van der Waals surface area contributed by atoms with Crippen molar-refractivity contribution in [2.45, 2.75) is 13.0 Å². The van der Waals surface area contributed by atoms with E-state index in [0.717, 1.165) is 29.7 Å². The summed E-state index contributed by atoms with van der Waals surface area (Å²) in [5, 5.41) is 0. The van der Waals surface area contributed by atoms with Gasteiger partial charge in [0.25, 0.3) is 5.91 Å². The summed E-state index contributed by atoms with van der Waals surface area (Å²) in [6, 6.07) is 15.9. The van der Waals surface area contributed by atoms with Gasteiger partial charge in [-0.25, -0.2) is 0 Å². The zero-order valence-corrected chi connectivity index (χ0v) is 11.5. The first-order valence-corrected chi connectivity index (χ1v) is 6.78. The number of carbonyl (C=O) groups excluding carboxylic acids is 1. The molecule has 1 aliphatic heterocycles. The minimum atomic E-state index is 0.0625. The number of fused-ring (bicyclic) bond motifs is 1. The minimum Gasteiger partial charge on any atom is -0.496 e. The summed E-state index contributed by atoms with van der Waals surface area (Å²) >= 11 is 0. The van der Waals surface area contributed by atoms with Gasteiger partial charge in [-0.1, -0.05) is 42.5 Å². The number of methoxy groups -OCH3 is 1. The van der Waals surface area contributed by atoms with E-state index in [-0.39, 0.29) is 5.91 Å². The second-order valence-corrected chi connectivity index (χ2v) is 4.96. The number of hydrogen-bond acceptors (Lipinski definition) is 2. The van der Waals surface area contributed by atoms with E-state index in [0.29, 0.717) is 12.3 Å². The van der Waals surface area contributed by atoms with Crippen LogP contribution in [0.5, 0.6) is 5.75 Å². The molecule has 2 aromatic carbocycles. The van der Waals surface area contributed by atoms with Crippen molar-refractivity contribution in [1.82, 2.24) is 4.90 Å². The highest BCUT2D eigenvalue weighted by Gasteiger charge is 2.27. The lowest BCUT2D eigenvalue weighted by Crippen LogP contribution is -2.37. The SMILES string of the molecule is COc1cccc2c1C(=O)N(Cc1ccccc1)CC2. The first-order valence-electron chi connectivity index (χ1n) is 6.78. The summed E-state index contributed by atoms with van der Waals surface area (Å²) in [6.07, 6.45) is 0.880. The zero-order chi connectivity index (χ0) is 13.9. The normalized spacial score (nSPS) is 14.1. The molecular weight excluding hydrogens is 250 g/mol. The average Bonchev–Trinajstić information content (AvgIpc) is 2.50. The molecule has 1 heterocycles. The molecule has 0 spiro atoms. The topological polar surface area (TPSA) is 29.5 Å². The van der Waals surface area contributed by atoms with E-state index >= 15 is 0 Å². The van der Waals surface area contributed by atoms with Crippen LogP contribution in [-0.4, -0.2) is 24.5 Å². The van der Waals surface area contributed by atoms with Crippen molar-refractivity contribution in [3.63, 3.8) is 0 Å². The Morgan fingerprint density at radius 3 is 2.65 bits per heavy atom. The van der Waals surface area contributed by atoms with E-state index in [1.165, 1.54) is 0 Å². The fourth-order valence-corrected chi connectivity index (χ4v) is 2.67. The molecule has 0 fully saturated rings. The summed E-state index contributed by atoms with van der Waals surface area (Å²) in [4.78, 5) is 14.5. The third-order valence-corrected chi connectivity index (χ3v) is 3.70. The van der Waals surface area contributed by atoms with Crippen LogP contribution >= 0.6 is 0 Å². The quantitative estimate of drug-likeness (QED) is 0.855. The standard InChI is InChI=1S/C17H17NO2/c1-20-15-9-5-8-14-10-11-18(17(19)16(14)15)12-13-6-3-2-4-7-13/h2-9H,10-12H2,1H3. The van der Waals surface area contributed by atoms with Crippen LogP contribution in [0.4, 0.5) is 0 Å². The second kappa shape index (κ2) is 5.37. The van der Waals surface area contributed by atoms with Crippen LogP contribution in [0.25, 0.3) is 0 Å². The van der Waals surface area contributed by atoms with Crippen LogP contribution in [0.2, 0.25) is 0 Å². The van der Waals surface area contributed by atoms with Crippen LogP contribution in [0, 0.1) is 0 Å². The van der Waals surface area contributed by atoms with E-state index in [4.69, 9.17) is 4.74 Å². The molecule has 0 aliphatic carbocycles. The van der Waals surface area contributed by atoms with E-state index < -0.39 is 0 Å². The number of hydrogen-bond donors (Lipinski definition) is 0. The molecule has 0 saturated heterocycles. The summed E-state index contributed by atoms with van der Waals surface area (Å²) in [6.45, 7) is 1.41. The van der Waals surface area contributed by atoms with Crippen molar-refractivity contribution in [3.8, 4) is 5.75 Å². The molecule has 0 atom stereocenters. The number of nitrogens with zero attached hydrogens (tertiary/aromatic N) is 1. The predicted octanol–water partition coefficient (Wildman–Crippen LogP) is 2.89. The number of benzene rings is 2. The molecule has 0 N–H and O–H groups in total. The van der Waals surface area contributed by atoms with Gasteiger partial charge in [-0.3, -0.25) is 4.79 Å². The average molecular weight is 267 g/mol. The Hall–Kier alpha value is -2.29. The fourth-order valence-electron chi connectivity index (χ4n) is 2.67. The molecule has 2 aromatic rings. The lowest BCUT2D eigenvalue weighted by molar-refractivity contribution is 0.0723. The Kier molecular flexibility index (Phi) is 3.42. The Balaban J connectivity index is 1.89.